The fourth-order valence-electron chi connectivity index (χ4n) is 1.98. The van der Waals surface area contributed by atoms with Crippen LogP contribution in [0.4, 0.5) is 11.6 Å². The molecule has 22 heavy (non-hydrogen) atoms. The first-order chi connectivity index (χ1) is 10.7. The Hall–Kier alpha value is -1.98. The molecule has 4 nitrogen and oxygen atoms in total. The molecule has 0 amide bonds. The lowest BCUT2D eigenvalue weighted by atomic mass is 10.2. The molecular weight excluding hydrogens is 316 g/mol. The van der Waals surface area contributed by atoms with Crippen molar-refractivity contribution in [2.45, 2.75) is 17.8 Å². The molecule has 0 aliphatic rings. The molecule has 0 aliphatic heterocycles. The fourth-order valence-corrected chi connectivity index (χ4v) is 3.07. The van der Waals surface area contributed by atoms with Gasteiger partial charge in [0, 0.05) is 16.5 Å². The minimum atomic E-state index is 0.632. The Morgan fingerprint density at radius 1 is 1.18 bits per heavy atom. The number of hydrogen-bond donors (Lipinski definition) is 2. The van der Waals surface area contributed by atoms with Crippen LogP contribution in [-0.2, 0) is 5.75 Å². The van der Waals surface area contributed by atoms with Gasteiger partial charge in [0.1, 0.15) is 0 Å². The van der Waals surface area contributed by atoms with Crippen LogP contribution < -0.4 is 5.32 Å². The molecule has 0 bridgehead atoms. The standard InChI is InChI=1S/C16H15ClN4S/c1-11-5-4-7-13(9-11)18-15-19-16(21-20-15)22-10-12-6-2-3-8-14(12)17/h2-9H,10H2,1H3,(H2,18,19,20,21). The minimum absolute atomic E-state index is 0.632. The van der Waals surface area contributed by atoms with E-state index < -0.39 is 0 Å². The molecule has 112 valence electrons. The Morgan fingerprint density at radius 2 is 2.05 bits per heavy atom. The molecule has 2 aromatic carbocycles. The van der Waals surface area contributed by atoms with Crippen molar-refractivity contribution in [2.75, 3.05) is 5.32 Å². The average Bonchev–Trinajstić information content (AvgIpc) is 2.94. The van der Waals surface area contributed by atoms with Crippen LogP contribution in [0.15, 0.2) is 53.7 Å². The lowest BCUT2D eigenvalue weighted by Gasteiger charge is -2.02. The summed E-state index contributed by atoms with van der Waals surface area (Å²) in [5.41, 5.74) is 3.25. The summed E-state index contributed by atoms with van der Waals surface area (Å²) in [6, 6.07) is 15.9. The number of thioether (sulfide) groups is 1. The molecular formula is C16H15ClN4S. The van der Waals surface area contributed by atoms with E-state index in [0.717, 1.165) is 22.0 Å². The van der Waals surface area contributed by atoms with Crippen molar-refractivity contribution in [1.29, 1.82) is 0 Å². The van der Waals surface area contributed by atoms with Gasteiger partial charge in [-0.2, -0.15) is 4.98 Å². The van der Waals surface area contributed by atoms with E-state index in [-0.39, 0.29) is 0 Å². The average molecular weight is 331 g/mol. The number of rotatable bonds is 5. The van der Waals surface area contributed by atoms with Gasteiger partial charge in [-0.1, -0.05) is 53.7 Å². The predicted octanol–water partition coefficient (Wildman–Crippen LogP) is 4.80. The van der Waals surface area contributed by atoms with Crippen LogP contribution in [0.25, 0.3) is 0 Å². The lowest BCUT2D eigenvalue weighted by Crippen LogP contribution is -1.92. The maximum Gasteiger partial charge on any atom is 0.223 e. The van der Waals surface area contributed by atoms with Crippen molar-refractivity contribution in [3.8, 4) is 0 Å². The first kappa shape index (κ1) is 14.9. The number of benzene rings is 2. The highest BCUT2D eigenvalue weighted by molar-refractivity contribution is 7.98. The van der Waals surface area contributed by atoms with Crippen molar-refractivity contribution >= 4 is 35.0 Å². The molecule has 1 aromatic heterocycles. The van der Waals surface area contributed by atoms with Crippen molar-refractivity contribution < 1.29 is 0 Å². The van der Waals surface area contributed by atoms with Crippen LogP contribution in [0, 0.1) is 6.92 Å². The smallest absolute Gasteiger partial charge is 0.223 e. The van der Waals surface area contributed by atoms with Crippen LogP contribution in [0.2, 0.25) is 5.02 Å². The Kier molecular flexibility index (Phi) is 4.65. The third-order valence-corrected chi connectivity index (χ3v) is 4.33. The predicted molar refractivity (Wildman–Crippen MR) is 91.9 cm³/mol. The summed E-state index contributed by atoms with van der Waals surface area (Å²) in [7, 11) is 0. The third kappa shape index (κ3) is 3.81. The molecule has 0 fully saturated rings. The molecule has 0 unspecified atom stereocenters. The van der Waals surface area contributed by atoms with Crippen LogP contribution in [0.3, 0.4) is 0 Å². The number of aryl methyl sites for hydroxylation is 1. The third-order valence-electron chi connectivity index (χ3n) is 3.06. The second-order valence-corrected chi connectivity index (χ2v) is 6.19. The molecule has 0 radical (unpaired) electrons. The zero-order valence-corrected chi connectivity index (χ0v) is 13.6. The molecule has 0 aliphatic carbocycles. The number of nitrogens with zero attached hydrogens (tertiary/aromatic N) is 2. The molecule has 0 saturated heterocycles. The fraction of sp³-hybridized carbons (Fsp3) is 0.125. The minimum Gasteiger partial charge on any atom is -0.325 e. The number of H-pyrrole nitrogens is 1. The van der Waals surface area contributed by atoms with Crippen molar-refractivity contribution in [1.82, 2.24) is 15.2 Å². The Bertz CT molecular complexity index is 772. The number of aromatic amines is 1. The summed E-state index contributed by atoms with van der Waals surface area (Å²) in [4.78, 5) is 4.42. The Labute approximate surface area is 138 Å². The second-order valence-electron chi connectivity index (χ2n) is 4.84. The number of anilines is 2. The summed E-state index contributed by atoms with van der Waals surface area (Å²) < 4.78 is 0. The monoisotopic (exact) mass is 330 g/mol. The van der Waals surface area contributed by atoms with Crippen molar-refractivity contribution in [3.63, 3.8) is 0 Å². The van der Waals surface area contributed by atoms with E-state index in [4.69, 9.17) is 11.6 Å². The van der Waals surface area contributed by atoms with Gasteiger partial charge in [-0.15, -0.1) is 5.10 Å². The molecule has 0 atom stereocenters. The van der Waals surface area contributed by atoms with E-state index in [1.165, 1.54) is 5.56 Å². The van der Waals surface area contributed by atoms with Gasteiger partial charge in [0.2, 0.25) is 11.1 Å². The van der Waals surface area contributed by atoms with E-state index in [1.54, 1.807) is 11.8 Å². The van der Waals surface area contributed by atoms with E-state index in [1.807, 2.05) is 36.4 Å². The van der Waals surface area contributed by atoms with Gasteiger partial charge >= 0.3 is 0 Å². The molecule has 6 heteroatoms. The highest BCUT2D eigenvalue weighted by Gasteiger charge is 2.06. The number of halogens is 1. The van der Waals surface area contributed by atoms with Gasteiger partial charge in [0.15, 0.2) is 0 Å². The van der Waals surface area contributed by atoms with Crippen LogP contribution in [-0.4, -0.2) is 15.2 Å². The van der Waals surface area contributed by atoms with Gasteiger partial charge in [0.05, 0.1) is 0 Å². The first-order valence-corrected chi connectivity index (χ1v) is 8.19. The second kappa shape index (κ2) is 6.85. The van der Waals surface area contributed by atoms with Gasteiger partial charge in [-0.05, 0) is 36.2 Å². The maximum atomic E-state index is 6.14. The topological polar surface area (TPSA) is 53.6 Å². The van der Waals surface area contributed by atoms with Gasteiger partial charge in [0.25, 0.3) is 0 Å². The first-order valence-electron chi connectivity index (χ1n) is 6.83. The SMILES string of the molecule is Cc1cccc(Nc2nc(SCc3ccccc3Cl)n[nH]2)c1. The molecule has 2 N–H and O–H groups in total. The summed E-state index contributed by atoms with van der Waals surface area (Å²) in [6.45, 7) is 2.05. The molecule has 3 rings (SSSR count). The van der Waals surface area contributed by atoms with Crippen molar-refractivity contribution in [2.24, 2.45) is 0 Å². The van der Waals surface area contributed by atoms with Gasteiger partial charge < -0.3 is 5.32 Å². The zero-order chi connectivity index (χ0) is 15.4. The number of hydrogen-bond acceptors (Lipinski definition) is 4. The Balaban J connectivity index is 1.63. The van der Waals surface area contributed by atoms with Crippen LogP contribution in [0.1, 0.15) is 11.1 Å². The van der Waals surface area contributed by atoms with E-state index in [0.29, 0.717) is 11.1 Å². The highest BCUT2D eigenvalue weighted by atomic mass is 35.5. The molecule has 0 saturated carbocycles. The van der Waals surface area contributed by atoms with E-state index in [2.05, 4.69) is 39.6 Å². The van der Waals surface area contributed by atoms with E-state index in [9.17, 15) is 0 Å². The summed E-state index contributed by atoms with van der Waals surface area (Å²) >= 11 is 7.69. The van der Waals surface area contributed by atoms with Gasteiger partial charge in [-0.3, -0.25) is 0 Å². The molecule has 1 heterocycles. The molecule has 0 spiro atoms. The maximum absolute atomic E-state index is 6.14. The quantitative estimate of drug-likeness (QED) is 0.660. The summed E-state index contributed by atoms with van der Waals surface area (Å²) in [5.74, 6) is 1.37. The largest absolute Gasteiger partial charge is 0.325 e. The zero-order valence-electron chi connectivity index (χ0n) is 12.0. The van der Waals surface area contributed by atoms with Crippen LogP contribution in [0.5, 0.6) is 0 Å². The molecule has 3 aromatic rings. The summed E-state index contributed by atoms with van der Waals surface area (Å²) in [5, 5.41) is 11.8. The normalized spacial score (nSPS) is 10.6. The number of aromatic nitrogens is 3. The van der Waals surface area contributed by atoms with E-state index >= 15 is 0 Å². The lowest BCUT2D eigenvalue weighted by molar-refractivity contribution is 0.973. The summed E-state index contributed by atoms with van der Waals surface area (Å²) in [6.07, 6.45) is 0. The van der Waals surface area contributed by atoms with Crippen LogP contribution >= 0.6 is 23.4 Å². The van der Waals surface area contributed by atoms with Gasteiger partial charge in [-0.25, -0.2) is 5.10 Å². The highest BCUT2D eigenvalue weighted by Crippen LogP contribution is 2.25. The van der Waals surface area contributed by atoms with Crippen molar-refractivity contribution in [3.05, 3.63) is 64.7 Å². The Morgan fingerprint density at radius 3 is 2.86 bits per heavy atom. The number of nitrogens with one attached hydrogen (secondary N) is 2.